The predicted molar refractivity (Wildman–Crippen MR) is 81.6 cm³/mol. The lowest BCUT2D eigenvalue weighted by Gasteiger charge is -2.09. The number of hydrogen-bond acceptors (Lipinski definition) is 2. The maximum Gasteiger partial charge on any atom is 0.269 e. The van der Waals surface area contributed by atoms with Crippen LogP contribution in [0.3, 0.4) is 0 Å². The van der Waals surface area contributed by atoms with Gasteiger partial charge in [0.1, 0.15) is 5.82 Å². The number of aryl methyl sites for hydroxylation is 2. The van der Waals surface area contributed by atoms with Gasteiger partial charge in [-0.2, -0.15) is 0 Å². The SMILES string of the molecule is Cc1ccc(C(=O)NNC(=O)Cc2ccc(F)cc2)cc1C. The molecule has 2 aromatic carbocycles. The highest BCUT2D eigenvalue weighted by molar-refractivity contribution is 5.95. The largest absolute Gasteiger partial charge is 0.273 e. The van der Waals surface area contributed by atoms with Crippen molar-refractivity contribution in [3.05, 3.63) is 70.5 Å². The molecular weight excluding hydrogens is 283 g/mol. The molecule has 0 aromatic heterocycles. The maximum absolute atomic E-state index is 12.8. The summed E-state index contributed by atoms with van der Waals surface area (Å²) >= 11 is 0. The zero-order valence-corrected chi connectivity index (χ0v) is 12.4. The summed E-state index contributed by atoms with van der Waals surface area (Å²) in [6.07, 6.45) is 0.0630. The molecular formula is C17H17FN2O2. The number of halogens is 1. The van der Waals surface area contributed by atoms with Crippen molar-refractivity contribution < 1.29 is 14.0 Å². The molecule has 0 aliphatic carbocycles. The first kappa shape index (κ1) is 15.7. The Bertz CT molecular complexity index is 696. The van der Waals surface area contributed by atoms with E-state index in [4.69, 9.17) is 0 Å². The molecule has 0 aliphatic rings. The highest BCUT2D eigenvalue weighted by Crippen LogP contribution is 2.09. The van der Waals surface area contributed by atoms with Crippen molar-refractivity contribution in [3.63, 3.8) is 0 Å². The third-order valence-corrected chi connectivity index (χ3v) is 3.36. The number of carbonyl (C=O) groups excluding carboxylic acids is 2. The average molecular weight is 300 g/mol. The van der Waals surface area contributed by atoms with E-state index >= 15 is 0 Å². The number of rotatable bonds is 3. The molecule has 0 atom stereocenters. The third-order valence-electron chi connectivity index (χ3n) is 3.36. The zero-order chi connectivity index (χ0) is 16.1. The Morgan fingerprint density at radius 2 is 1.64 bits per heavy atom. The highest BCUT2D eigenvalue weighted by atomic mass is 19.1. The van der Waals surface area contributed by atoms with Crippen molar-refractivity contribution in [3.8, 4) is 0 Å². The Morgan fingerprint density at radius 3 is 2.27 bits per heavy atom. The quantitative estimate of drug-likeness (QED) is 0.855. The van der Waals surface area contributed by atoms with Gasteiger partial charge < -0.3 is 0 Å². The number of hydrogen-bond donors (Lipinski definition) is 2. The summed E-state index contributed by atoms with van der Waals surface area (Å²) in [6, 6.07) is 10.9. The molecule has 0 saturated carbocycles. The van der Waals surface area contributed by atoms with Gasteiger partial charge in [0, 0.05) is 5.56 Å². The molecule has 2 aromatic rings. The highest BCUT2D eigenvalue weighted by Gasteiger charge is 2.09. The minimum absolute atomic E-state index is 0.0630. The summed E-state index contributed by atoms with van der Waals surface area (Å²) in [7, 11) is 0. The fourth-order valence-corrected chi connectivity index (χ4v) is 1.91. The van der Waals surface area contributed by atoms with Gasteiger partial charge in [-0.05, 0) is 54.8 Å². The number of amides is 2. The van der Waals surface area contributed by atoms with Crippen LogP contribution < -0.4 is 10.9 Å². The molecule has 4 nitrogen and oxygen atoms in total. The first-order chi connectivity index (χ1) is 10.5. The Labute approximate surface area is 128 Å². The van der Waals surface area contributed by atoms with Crippen molar-refractivity contribution in [2.75, 3.05) is 0 Å². The summed E-state index contributed by atoms with van der Waals surface area (Å²) in [5.74, 6) is -1.11. The third kappa shape index (κ3) is 4.15. The first-order valence-corrected chi connectivity index (χ1v) is 6.86. The average Bonchev–Trinajstić information content (AvgIpc) is 2.50. The van der Waals surface area contributed by atoms with Gasteiger partial charge in [0.2, 0.25) is 5.91 Å². The van der Waals surface area contributed by atoms with Crippen molar-refractivity contribution >= 4 is 11.8 Å². The topological polar surface area (TPSA) is 58.2 Å². The lowest BCUT2D eigenvalue weighted by Crippen LogP contribution is -2.42. The van der Waals surface area contributed by atoms with Gasteiger partial charge >= 0.3 is 0 Å². The van der Waals surface area contributed by atoms with Gasteiger partial charge in [0.05, 0.1) is 6.42 Å². The molecule has 0 fully saturated rings. The normalized spacial score (nSPS) is 10.1. The molecule has 22 heavy (non-hydrogen) atoms. The van der Waals surface area contributed by atoms with Gasteiger partial charge in [-0.25, -0.2) is 4.39 Å². The van der Waals surface area contributed by atoms with E-state index < -0.39 is 0 Å². The zero-order valence-electron chi connectivity index (χ0n) is 12.4. The fraction of sp³-hybridized carbons (Fsp3) is 0.176. The number of benzene rings is 2. The van der Waals surface area contributed by atoms with Crippen LogP contribution in [0, 0.1) is 19.7 Å². The van der Waals surface area contributed by atoms with E-state index in [0.717, 1.165) is 11.1 Å². The molecule has 0 saturated heterocycles. The van der Waals surface area contributed by atoms with E-state index in [1.165, 1.54) is 24.3 Å². The summed E-state index contributed by atoms with van der Waals surface area (Å²) in [5.41, 5.74) is 7.95. The molecule has 2 N–H and O–H groups in total. The molecule has 0 aliphatic heterocycles. The lowest BCUT2D eigenvalue weighted by molar-refractivity contribution is -0.121. The van der Waals surface area contributed by atoms with Crippen molar-refractivity contribution in [1.82, 2.24) is 10.9 Å². The minimum Gasteiger partial charge on any atom is -0.273 e. The van der Waals surface area contributed by atoms with Gasteiger partial charge in [-0.3, -0.25) is 20.4 Å². The van der Waals surface area contributed by atoms with Crippen molar-refractivity contribution in [1.29, 1.82) is 0 Å². The molecule has 5 heteroatoms. The van der Waals surface area contributed by atoms with Gasteiger partial charge in [0.25, 0.3) is 5.91 Å². The van der Waals surface area contributed by atoms with Gasteiger partial charge in [-0.1, -0.05) is 18.2 Å². The van der Waals surface area contributed by atoms with Crippen LogP contribution in [-0.2, 0) is 11.2 Å². The van der Waals surface area contributed by atoms with E-state index in [-0.39, 0.29) is 24.1 Å². The molecule has 0 bridgehead atoms. The van der Waals surface area contributed by atoms with E-state index in [2.05, 4.69) is 10.9 Å². The second-order valence-electron chi connectivity index (χ2n) is 5.10. The molecule has 0 spiro atoms. The lowest BCUT2D eigenvalue weighted by atomic mass is 10.1. The Kier molecular flexibility index (Phi) is 4.88. The summed E-state index contributed by atoms with van der Waals surface area (Å²) < 4.78 is 12.8. The first-order valence-electron chi connectivity index (χ1n) is 6.86. The van der Waals surface area contributed by atoms with E-state index in [0.29, 0.717) is 11.1 Å². The molecule has 2 amide bonds. The number of hydrazine groups is 1. The maximum atomic E-state index is 12.8. The Morgan fingerprint density at radius 1 is 0.955 bits per heavy atom. The van der Waals surface area contributed by atoms with E-state index in [1.54, 1.807) is 12.1 Å². The smallest absolute Gasteiger partial charge is 0.269 e. The molecule has 0 radical (unpaired) electrons. The molecule has 114 valence electrons. The van der Waals surface area contributed by atoms with Crippen LogP contribution in [0.5, 0.6) is 0 Å². The second kappa shape index (κ2) is 6.85. The van der Waals surface area contributed by atoms with Crippen LogP contribution >= 0.6 is 0 Å². The van der Waals surface area contributed by atoms with E-state index in [9.17, 15) is 14.0 Å². The van der Waals surface area contributed by atoms with Crippen LogP contribution in [0.1, 0.15) is 27.0 Å². The van der Waals surface area contributed by atoms with Crippen LogP contribution in [-0.4, -0.2) is 11.8 Å². The monoisotopic (exact) mass is 300 g/mol. The Hall–Kier alpha value is -2.69. The fourth-order valence-electron chi connectivity index (χ4n) is 1.91. The molecule has 2 rings (SSSR count). The Balaban J connectivity index is 1.88. The predicted octanol–water partition coefficient (Wildman–Crippen LogP) is 2.45. The van der Waals surface area contributed by atoms with Gasteiger partial charge in [-0.15, -0.1) is 0 Å². The molecule has 0 heterocycles. The number of nitrogens with one attached hydrogen (secondary N) is 2. The summed E-state index contributed by atoms with van der Waals surface area (Å²) in [4.78, 5) is 23.7. The van der Waals surface area contributed by atoms with Crippen molar-refractivity contribution in [2.24, 2.45) is 0 Å². The standard InChI is InChI=1S/C17H17FN2O2/c1-11-3-6-14(9-12(11)2)17(22)20-19-16(21)10-13-4-7-15(18)8-5-13/h3-9H,10H2,1-2H3,(H,19,21)(H,20,22). The van der Waals surface area contributed by atoms with Crippen LogP contribution in [0.15, 0.2) is 42.5 Å². The van der Waals surface area contributed by atoms with Crippen molar-refractivity contribution in [2.45, 2.75) is 20.3 Å². The minimum atomic E-state index is -0.379. The second-order valence-corrected chi connectivity index (χ2v) is 5.10. The number of carbonyl (C=O) groups is 2. The van der Waals surface area contributed by atoms with Gasteiger partial charge in [0.15, 0.2) is 0 Å². The van der Waals surface area contributed by atoms with Crippen LogP contribution in [0.4, 0.5) is 4.39 Å². The summed E-state index contributed by atoms with van der Waals surface area (Å²) in [6.45, 7) is 3.88. The summed E-state index contributed by atoms with van der Waals surface area (Å²) in [5, 5.41) is 0. The molecule has 0 unspecified atom stereocenters. The van der Waals surface area contributed by atoms with Crippen LogP contribution in [0.2, 0.25) is 0 Å². The van der Waals surface area contributed by atoms with Crippen LogP contribution in [0.25, 0.3) is 0 Å². The van der Waals surface area contributed by atoms with E-state index in [1.807, 2.05) is 19.9 Å².